The van der Waals surface area contributed by atoms with E-state index in [4.69, 9.17) is 4.74 Å². The second-order valence-corrected chi connectivity index (χ2v) is 6.37. The molecule has 2 heterocycles. The summed E-state index contributed by atoms with van der Waals surface area (Å²) in [7, 11) is 0. The van der Waals surface area contributed by atoms with Crippen LogP contribution in [0.2, 0.25) is 0 Å². The molecular formula is C16H22FN3O3. The predicted molar refractivity (Wildman–Crippen MR) is 85.1 cm³/mol. The zero-order valence-corrected chi connectivity index (χ0v) is 13.0. The van der Waals surface area contributed by atoms with Crippen LogP contribution in [0.4, 0.5) is 15.8 Å². The van der Waals surface area contributed by atoms with Crippen LogP contribution in [-0.4, -0.2) is 48.7 Å². The molecule has 1 aromatic carbocycles. The van der Waals surface area contributed by atoms with Gasteiger partial charge in [-0.25, -0.2) is 4.39 Å². The largest absolute Gasteiger partial charge is 0.381 e. The van der Waals surface area contributed by atoms with Crippen LogP contribution in [0, 0.1) is 21.8 Å². The van der Waals surface area contributed by atoms with Crippen LogP contribution >= 0.6 is 0 Å². The maximum absolute atomic E-state index is 13.9. The molecule has 3 rings (SSSR count). The van der Waals surface area contributed by atoms with E-state index in [-0.39, 0.29) is 11.7 Å². The molecule has 2 fully saturated rings. The normalized spacial score (nSPS) is 23.1. The Labute approximate surface area is 134 Å². The second-order valence-electron chi connectivity index (χ2n) is 6.37. The number of hydrogen-bond donors (Lipinski definition) is 1. The van der Waals surface area contributed by atoms with E-state index in [1.807, 2.05) is 0 Å². The first-order valence-electron chi connectivity index (χ1n) is 8.12. The second kappa shape index (κ2) is 7.23. The minimum Gasteiger partial charge on any atom is -0.381 e. The lowest BCUT2D eigenvalue weighted by Crippen LogP contribution is -2.41. The van der Waals surface area contributed by atoms with E-state index in [0.29, 0.717) is 11.6 Å². The molecule has 1 N–H and O–H groups in total. The van der Waals surface area contributed by atoms with Gasteiger partial charge in [-0.2, -0.15) is 0 Å². The van der Waals surface area contributed by atoms with Crippen LogP contribution in [0.1, 0.15) is 19.3 Å². The lowest BCUT2D eigenvalue weighted by Gasteiger charge is -2.34. The maximum atomic E-state index is 13.9. The van der Waals surface area contributed by atoms with Crippen LogP contribution in [0.25, 0.3) is 0 Å². The average Bonchev–Trinajstić information content (AvgIpc) is 3.04. The molecule has 1 aromatic rings. The number of nitro groups is 1. The first-order chi connectivity index (χ1) is 11.1. The summed E-state index contributed by atoms with van der Waals surface area (Å²) in [4.78, 5) is 12.5. The number of piperidine rings is 1. The Hall–Kier alpha value is -1.73. The molecule has 23 heavy (non-hydrogen) atoms. The number of anilines is 1. The molecule has 0 radical (unpaired) electrons. The van der Waals surface area contributed by atoms with Gasteiger partial charge in [0.25, 0.3) is 5.69 Å². The Balaban J connectivity index is 1.49. The number of likely N-dealkylation sites (tertiary alicyclic amines) is 1. The molecule has 7 heteroatoms. The Morgan fingerprint density at radius 1 is 1.35 bits per heavy atom. The van der Waals surface area contributed by atoms with Gasteiger partial charge in [0.2, 0.25) is 0 Å². The highest BCUT2D eigenvalue weighted by Gasteiger charge is 2.24. The van der Waals surface area contributed by atoms with E-state index < -0.39 is 10.7 Å². The summed E-state index contributed by atoms with van der Waals surface area (Å²) in [5, 5.41) is 13.8. The number of nitrogens with one attached hydrogen (secondary N) is 1. The topological polar surface area (TPSA) is 67.6 Å². The van der Waals surface area contributed by atoms with Crippen molar-refractivity contribution >= 4 is 11.4 Å². The Morgan fingerprint density at radius 3 is 2.74 bits per heavy atom. The van der Waals surface area contributed by atoms with E-state index in [2.05, 4.69) is 10.2 Å². The van der Waals surface area contributed by atoms with E-state index >= 15 is 0 Å². The Kier molecular flexibility index (Phi) is 5.07. The molecule has 2 aliphatic rings. The van der Waals surface area contributed by atoms with Crippen LogP contribution in [0.3, 0.4) is 0 Å². The molecule has 0 saturated carbocycles. The fraction of sp³-hybridized carbons (Fsp3) is 0.625. The third-order valence-corrected chi connectivity index (χ3v) is 4.65. The van der Waals surface area contributed by atoms with Crippen molar-refractivity contribution in [3.8, 4) is 0 Å². The van der Waals surface area contributed by atoms with Crippen LogP contribution in [0.15, 0.2) is 18.2 Å². The fourth-order valence-electron chi connectivity index (χ4n) is 3.31. The summed E-state index contributed by atoms with van der Waals surface area (Å²) in [6, 6.07) is 3.97. The van der Waals surface area contributed by atoms with Crippen molar-refractivity contribution in [1.29, 1.82) is 0 Å². The summed E-state index contributed by atoms with van der Waals surface area (Å²) in [5.41, 5.74) is 0.125. The van der Waals surface area contributed by atoms with Gasteiger partial charge in [-0.15, -0.1) is 0 Å². The SMILES string of the molecule is O=[N+]([O-])c1ccc(NC2CCN(CC3CCOC3)CC2)c(F)c1. The van der Waals surface area contributed by atoms with Crippen molar-refractivity contribution in [3.05, 3.63) is 34.1 Å². The lowest BCUT2D eigenvalue weighted by atomic mass is 10.0. The number of nitrogens with zero attached hydrogens (tertiary/aromatic N) is 2. The van der Waals surface area contributed by atoms with Gasteiger partial charge in [0.05, 0.1) is 23.3 Å². The van der Waals surface area contributed by atoms with Gasteiger partial charge in [0.15, 0.2) is 5.82 Å². The van der Waals surface area contributed by atoms with Gasteiger partial charge >= 0.3 is 0 Å². The molecule has 126 valence electrons. The zero-order valence-electron chi connectivity index (χ0n) is 13.0. The van der Waals surface area contributed by atoms with Crippen molar-refractivity contribution in [2.24, 2.45) is 5.92 Å². The van der Waals surface area contributed by atoms with E-state index in [1.165, 1.54) is 12.1 Å². The lowest BCUT2D eigenvalue weighted by molar-refractivity contribution is -0.385. The van der Waals surface area contributed by atoms with Gasteiger partial charge in [-0.1, -0.05) is 0 Å². The number of hydrogen-bond acceptors (Lipinski definition) is 5. The monoisotopic (exact) mass is 323 g/mol. The highest BCUT2D eigenvalue weighted by Crippen LogP contribution is 2.24. The molecular weight excluding hydrogens is 301 g/mol. The van der Waals surface area contributed by atoms with Gasteiger partial charge < -0.3 is 15.0 Å². The standard InChI is InChI=1S/C16H22FN3O3/c17-15-9-14(20(21)22)1-2-16(15)18-13-3-6-19(7-4-13)10-12-5-8-23-11-12/h1-2,9,12-13,18H,3-8,10-11H2. The van der Waals surface area contributed by atoms with E-state index in [1.54, 1.807) is 0 Å². The number of nitro benzene ring substituents is 1. The Bertz CT molecular complexity index is 556. The summed E-state index contributed by atoms with van der Waals surface area (Å²) < 4.78 is 19.3. The Morgan fingerprint density at radius 2 is 2.13 bits per heavy atom. The first kappa shape index (κ1) is 16.1. The van der Waals surface area contributed by atoms with Crippen LogP contribution in [0.5, 0.6) is 0 Å². The fourth-order valence-corrected chi connectivity index (χ4v) is 3.31. The number of rotatable bonds is 5. The number of ether oxygens (including phenoxy) is 1. The minimum absolute atomic E-state index is 0.210. The summed E-state index contributed by atoms with van der Waals surface area (Å²) in [6.45, 7) is 4.80. The van der Waals surface area contributed by atoms with Crippen molar-refractivity contribution in [2.75, 3.05) is 38.2 Å². The molecule has 2 aliphatic heterocycles. The van der Waals surface area contributed by atoms with Crippen LogP contribution < -0.4 is 5.32 Å². The molecule has 0 aliphatic carbocycles. The molecule has 0 spiro atoms. The summed E-state index contributed by atoms with van der Waals surface area (Å²) >= 11 is 0. The molecule has 1 unspecified atom stereocenters. The zero-order chi connectivity index (χ0) is 16.2. The number of halogens is 1. The van der Waals surface area contributed by atoms with Gasteiger partial charge in [0.1, 0.15) is 0 Å². The molecule has 2 saturated heterocycles. The number of non-ortho nitro benzene ring substituents is 1. The van der Waals surface area contributed by atoms with E-state index in [0.717, 1.165) is 58.2 Å². The van der Waals surface area contributed by atoms with Crippen molar-refractivity contribution in [1.82, 2.24) is 4.90 Å². The molecule has 0 aromatic heterocycles. The highest BCUT2D eigenvalue weighted by atomic mass is 19.1. The maximum Gasteiger partial charge on any atom is 0.272 e. The first-order valence-corrected chi connectivity index (χ1v) is 8.12. The minimum atomic E-state index is -0.585. The smallest absolute Gasteiger partial charge is 0.272 e. The third kappa shape index (κ3) is 4.17. The van der Waals surface area contributed by atoms with Gasteiger partial charge in [0, 0.05) is 38.3 Å². The van der Waals surface area contributed by atoms with Crippen LogP contribution in [-0.2, 0) is 4.74 Å². The van der Waals surface area contributed by atoms with E-state index in [9.17, 15) is 14.5 Å². The predicted octanol–water partition coefficient (Wildman–Crippen LogP) is 2.65. The summed E-state index contributed by atoms with van der Waals surface area (Å²) in [6.07, 6.45) is 3.04. The van der Waals surface area contributed by atoms with Crippen molar-refractivity contribution in [2.45, 2.75) is 25.3 Å². The third-order valence-electron chi connectivity index (χ3n) is 4.65. The van der Waals surface area contributed by atoms with Crippen molar-refractivity contribution < 1.29 is 14.1 Å². The van der Waals surface area contributed by atoms with Gasteiger partial charge in [-0.05, 0) is 31.2 Å². The molecule has 1 atom stereocenters. The van der Waals surface area contributed by atoms with Gasteiger partial charge in [-0.3, -0.25) is 10.1 Å². The number of benzene rings is 1. The molecule has 6 nitrogen and oxygen atoms in total. The van der Waals surface area contributed by atoms with Crippen molar-refractivity contribution in [3.63, 3.8) is 0 Å². The summed E-state index contributed by atoms with van der Waals surface area (Å²) in [5.74, 6) is 0.0800. The molecule has 0 bridgehead atoms. The highest BCUT2D eigenvalue weighted by molar-refractivity contribution is 5.50. The molecule has 0 amide bonds. The average molecular weight is 323 g/mol. The quantitative estimate of drug-likeness (QED) is 0.666.